The number of hydrogen-bond acceptors (Lipinski definition) is 2. The van der Waals surface area contributed by atoms with Gasteiger partial charge in [-0.25, -0.2) is 0 Å². The van der Waals surface area contributed by atoms with Crippen molar-refractivity contribution in [3.8, 4) is 11.5 Å². The lowest BCUT2D eigenvalue weighted by atomic mass is 10.1. The van der Waals surface area contributed by atoms with Gasteiger partial charge in [0.25, 0.3) is 0 Å². The molecule has 1 aliphatic heterocycles. The average Bonchev–Trinajstić information content (AvgIpc) is 2.39. The molecule has 16 heavy (non-hydrogen) atoms. The molecule has 1 aromatic rings. The van der Waals surface area contributed by atoms with Gasteiger partial charge in [-0.05, 0) is 25.0 Å². The molecule has 0 unspecified atom stereocenters. The fourth-order valence-corrected chi connectivity index (χ4v) is 1.41. The van der Waals surface area contributed by atoms with Gasteiger partial charge < -0.3 is 9.47 Å². The van der Waals surface area contributed by atoms with E-state index in [9.17, 15) is 0 Å². The minimum atomic E-state index is 0.664. The maximum absolute atomic E-state index is 5.51. The first kappa shape index (κ1) is 14.8. The molecule has 0 spiro atoms. The van der Waals surface area contributed by atoms with Crippen molar-refractivity contribution in [3.05, 3.63) is 23.3 Å². The quantitative estimate of drug-likeness (QED) is 0.659. The number of ether oxygens (including phenoxy) is 2. The maximum Gasteiger partial charge on any atom is 0.164 e. The molecular weight excluding hydrogens is 200 g/mol. The van der Waals surface area contributed by atoms with Crippen LogP contribution in [0.25, 0.3) is 0 Å². The van der Waals surface area contributed by atoms with Gasteiger partial charge in [0.15, 0.2) is 11.5 Å². The highest BCUT2D eigenvalue weighted by atomic mass is 16.6. The van der Waals surface area contributed by atoms with Gasteiger partial charge in [-0.3, -0.25) is 0 Å². The highest BCUT2D eigenvalue weighted by Gasteiger charge is 2.15. The van der Waals surface area contributed by atoms with Gasteiger partial charge in [0, 0.05) is 0 Å². The Morgan fingerprint density at radius 2 is 1.06 bits per heavy atom. The summed E-state index contributed by atoms with van der Waals surface area (Å²) in [6, 6.07) is 4.12. The van der Waals surface area contributed by atoms with Gasteiger partial charge in [0.2, 0.25) is 0 Å². The van der Waals surface area contributed by atoms with Crippen molar-refractivity contribution < 1.29 is 9.47 Å². The predicted molar refractivity (Wildman–Crippen MR) is 69.6 cm³/mol. The Hall–Kier alpha value is -1.18. The summed E-state index contributed by atoms with van der Waals surface area (Å²) in [6.45, 7) is 13.4. The Bertz CT molecular complexity index is 275. The molecule has 0 atom stereocenters. The number of fused-ring (bicyclic) bond motifs is 1. The molecule has 0 amide bonds. The fraction of sp³-hybridized carbons (Fsp3) is 0.571. The highest BCUT2D eigenvalue weighted by Crippen LogP contribution is 2.36. The van der Waals surface area contributed by atoms with Crippen LogP contribution in [-0.2, 0) is 0 Å². The van der Waals surface area contributed by atoms with Crippen LogP contribution in [0.1, 0.15) is 38.8 Å². The molecule has 0 saturated carbocycles. The van der Waals surface area contributed by atoms with Gasteiger partial charge >= 0.3 is 0 Å². The van der Waals surface area contributed by atoms with E-state index in [1.54, 1.807) is 0 Å². The van der Waals surface area contributed by atoms with Gasteiger partial charge in [-0.1, -0.05) is 39.8 Å². The molecule has 0 bridgehead atoms. The molecule has 2 heteroatoms. The Balaban J connectivity index is 0.000000509. The lowest BCUT2D eigenvalue weighted by molar-refractivity contribution is 0.169. The lowest BCUT2D eigenvalue weighted by Crippen LogP contribution is -2.16. The molecule has 2 rings (SSSR count). The zero-order valence-corrected chi connectivity index (χ0v) is 11.4. The van der Waals surface area contributed by atoms with E-state index in [4.69, 9.17) is 9.47 Å². The van der Waals surface area contributed by atoms with Crippen molar-refractivity contribution in [1.29, 1.82) is 0 Å². The van der Waals surface area contributed by atoms with Crippen LogP contribution in [0.3, 0.4) is 0 Å². The van der Waals surface area contributed by atoms with Crippen molar-refractivity contribution in [3.63, 3.8) is 0 Å². The fourth-order valence-electron chi connectivity index (χ4n) is 1.41. The van der Waals surface area contributed by atoms with E-state index < -0.39 is 0 Å². The first-order valence-corrected chi connectivity index (χ1v) is 6.15. The molecule has 0 saturated heterocycles. The van der Waals surface area contributed by atoms with E-state index in [0.29, 0.717) is 13.2 Å². The monoisotopic (exact) mass is 224 g/mol. The number of rotatable bonds is 0. The van der Waals surface area contributed by atoms with Crippen LogP contribution >= 0.6 is 0 Å². The summed E-state index contributed by atoms with van der Waals surface area (Å²) in [5, 5.41) is 0. The van der Waals surface area contributed by atoms with Crippen LogP contribution in [0, 0.1) is 13.8 Å². The molecule has 92 valence electrons. The third-order valence-corrected chi connectivity index (χ3v) is 2.08. The Morgan fingerprint density at radius 3 is 1.38 bits per heavy atom. The minimum Gasteiger partial charge on any atom is -0.486 e. The molecular formula is C14H24O2. The van der Waals surface area contributed by atoms with Crippen molar-refractivity contribution in [1.82, 2.24) is 0 Å². The number of benzene rings is 1. The number of aryl methyl sites for hydroxylation is 2. The smallest absolute Gasteiger partial charge is 0.164 e. The minimum absolute atomic E-state index is 0.664. The molecule has 0 N–H and O–H groups in total. The van der Waals surface area contributed by atoms with Gasteiger partial charge in [0.1, 0.15) is 13.2 Å². The van der Waals surface area contributed by atoms with Gasteiger partial charge in [-0.2, -0.15) is 0 Å². The largest absolute Gasteiger partial charge is 0.486 e. The van der Waals surface area contributed by atoms with Crippen molar-refractivity contribution >= 4 is 0 Å². The number of hydrogen-bond donors (Lipinski definition) is 0. The van der Waals surface area contributed by atoms with E-state index in [-0.39, 0.29) is 0 Å². The van der Waals surface area contributed by atoms with Crippen LogP contribution in [0.2, 0.25) is 0 Å². The molecule has 0 aromatic heterocycles. The molecule has 1 aliphatic rings. The van der Waals surface area contributed by atoms with Crippen LogP contribution in [-0.4, -0.2) is 13.2 Å². The standard InChI is InChI=1S/C10H12O2.2C2H6/c1-7-3-4-8(2)10-9(7)11-5-6-12-10;2*1-2/h3-4H,5-6H2,1-2H3;2*1-2H3. The second kappa shape index (κ2) is 8.03. The Kier molecular flexibility index (Phi) is 7.44. The zero-order valence-electron chi connectivity index (χ0n) is 11.4. The first-order valence-electron chi connectivity index (χ1n) is 6.15. The van der Waals surface area contributed by atoms with Crippen molar-refractivity contribution in [2.24, 2.45) is 0 Å². The molecule has 1 heterocycles. The topological polar surface area (TPSA) is 18.5 Å². The SMILES string of the molecule is CC.CC.Cc1ccc(C)c2c1OCCO2. The van der Waals surface area contributed by atoms with E-state index >= 15 is 0 Å². The molecule has 0 aliphatic carbocycles. The third kappa shape index (κ3) is 3.44. The van der Waals surface area contributed by atoms with Crippen LogP contribution in [0.4, 0.5) is 0 Å². The lowest BCUT2D eigenvalue weighted by Gasteiger charge is -2.21. The maximum atomic E-state index is 5.51. The van der Waals surface area contributed by atoms with Crippen LogP contribution < -0.4 is 9.47 Å². The van der Waals surface area contributed by atoms with E-state index in [1.807, 2.05) is 41.5 Å². The zero-order chi connectivity index (χ0) is 12.6. The summed E-state index contributed by atoms with van der Waals surface area (Å²) >= 11 is 0. The summed E-state index contributed by atoms with van der Waals surface area (Å²) in [4.78, 5) is 0. The molecule has 2 nitrogen and oxygen atoms in total. The Morgan fingerprint density at radius 1 is 0.750 bits per heavy atom. The normalized spacial score (nSPS) is 11.6. The summed E-state index contributed by atoms with van der Waals surface area (Å²) in [6.07, 6.45) is 0. The van der Waals surface area contributed by atoms with E-state index in [0.717, 1.165) is 22.6 Å². The second-order valence-corrected chi connectivity index (χ2v) is 3.05. The van der Waals surface area contributed by atoms with Crippen LogP contribution in [0.15, 0.2) is 12.1 Å². The average molecular weight is 224 g/mol. The molecule has 1 aromatic carbocycles. The van der Waals surface area contributed by atoms with Crippen molar-refractivity contribution in [2.75, 3.05) is 13.2 Å². The summed E-state index contributed by atoms with van der Waals surface area (Å²) in [7, 11) is 0. The van der Waals surface area contributed by atoms with E-state index in [2.05, 4.69) is 12.1 Å². The highest BCUT2D eigenvalue weighted by molar-refractivity contribution is 5.51. The first-order chi connectivity index (χ1) is 7.79. The molecule has 0 radical (unpaired) electrons. The van der Waals surface area contributed by atoms with Gasteiger partial charge in [0.05, 0.1) is 0 Å². The van der Waals surface area contributed by atoms with Crippen LogP contribution in [0.5, 0.6) is 11.5 Å². The third-order valence-electron chi connectivity index (χ3n) is 2.08. The Labute approximate surface area is 99.6 Å². The predicted octanol–water partition coefficient (Wildman–Crippen LogP) is 4.13. The molecule has 0 fully saturated rings. The van der Waals surface area contributed by atoms with E-state index in [1.165, 1.54) is 0 Å². The van der Waals surface area contributed by atoms with Crippen molar-refractivity contribution in [2.45, 2.75) is 41.5 Å². The second-order valence-electron chi connectivity index (χ2n) is 3.05. The summed E-state index contributed by atoms with van der Waals surface area (Å²) in [5.74, 6) is 1.84. The van der Waals surface area contributed by atoms with Gasteiger partial charge in [-0.15, -0.1) is 0 Å². The summed E-state index contributed by atoms with van der Waals surface area (Å²) in [5.41, 5.74) is 2.30. The summed E-state index contributed by atoms with van der Waals surface area (Å²) < 4.78 is 11.0.